The molecular weight excluding hydrogens is 254 g/mol. The lowest BCUT2D eigenvalue weighted by Gasteiger charge is -2.18. The summed E-state index contributed by atoms with van der Waals surface area (Å²) in [5.41, 5.74) is 3.59. The van der Waals surface area contributed by atoms with Gasteiger partial charge in [0.15, 0.2) is 5.13 Å². The number of benzene rings is 1. The van der Waals surface area contributed by atoms with Gasteiger partial charge in [0.1, 0.15) is 0 Å². The Hall–Kier alpha value is -1.39. The lowest BCUT2D eigenvalue weighted by atomic mass is 10.2. The number of nitrogens with one attached hydrogen (secondary N) is 1. The molecule has 1 atom stereocenters. The second-order valence-corrected chi connectivity index (χ2v) is 5.81. The average Bonchev–Trinajstić information content (AvgIpc) is 2.80. The summed E-state index contributed by atoms with van der Waals surface area (Å²) >= 11 is 1.76. The van der Waals surface area contributed by atoms with Crippen LogP contribution in [0.3, 0.4) is 0 Å². The van der Waals surface area contributed by atoms with Crippen LogP contribution in [0.15, 0.2) is 24.3 Å². The molecule has 0 aliphatic rings. The fourth-order valence-corrected chi connectivity index (χ4v) is 3.22. The minimum Gasteiger partial charge on any atom is -0.321 e. The number of nitrogens with zero attached hydrogens (tertiary/aromatic N) is 2. The maximum Gasteiger partial charge on any atom is 0.190 e. The van der Waals surface area contributed by atoms with E-state index >= 15 is 0 Å². The van der Waals surface area contributed by atoms with Crippen LogP contribution in [0.4, 0.5) is 10.8 Å². The van der Waals surface area contributed by atoms with Crippen molar-refractivity contribution in [3.05, 3.63) is 40.4 Å². The Kier molecular flexibility index (Phi) is 4.22. The summed E-state index contributed by atoms with van der Waals surface area (Å²) in [6.07, 6.45) is 0. The standard InChI is InChI=1S/C15H21N3S/c1-10-8-6-7-9-13(10)18(5)15-17-12(3)14(19-15)11(2)16-4/h6-9,11,16H,1-5H3. The molecule has 0 bridgehead atoms. The van der Waals surface area contributed by atoms with Crippen LogP contribution in [0, 0.1) is 13.8 Å². The number of thiazole rings is 1. The van der Waals surface area contributed by atoms with Gasteiger partial charge in [0.25, 0.3) is 0 Å². The van der Waals surface area contributed by atoms with Crippen molar-refractivity contribution < 1.29 is 0 Å². The van der Waals surface area contributed by atoms with E-state index in [9.17, 15) is 0 Å². The van der Waals surface area contributed by atoms with Crippen LogP contribution in [0.25, 0.3) is 0 Å². The van der Waals surface area contributed by atoms with E-state index in [4.69, 9.17) is 4.98 Å². The summed E-state index contributed by atoms with van der Waals surface area (Å²) in [6, 6.07) is 8.73. The largest absolute Gasteiger partial charge is 0.321 e. The fraction of sp³-hybridized carbons (Fsp3) is 0.400. The van der Waals surface area contributed by atoms with E-state index in [1.54, 1.807) is 11.3 Å². The molecule has 19 heavy (non-hydrogen) atoms. The van der Waals surface area contributed by atoms with Gasteiger partial charge in [-0.1, -0.05) is 29.5 Å². The Labute approximate surface area is 119 Å². The first-order valence-electron chi connectivity index (χ1n) is 6.48. The van der Waals surface area contributed by atoms with E-state index in [2.05, 4.69) is 62.3 Å². The lowest BCUT2D eigenvalue weighted by Crippen LogP contribution is -2.11. The molecule has 102 valence electrons. The highest BCUT2D eigenvalue weighted by atomic mass is 32.1. The second-order valence-electron chi connectivity index (χ2n) is 4.80. The highest BCUT2D eigenvalue weighted by molar-refractivity contribution is 7.15. The van der Waals surface area contributed by atoms with Crippen molar-refractivity contribution in [3.63, 3.8) is 0 Å². The molecule has 0 radical (unpaired) electrons. The van der Waals surface area contributed by atoms with Crippen LogP contribution < -0.4 is 10.2 Å². The number of aromatic nitrogens is 1. The number of hydrogen-bond acceptors (Lipinski definition) is 4. The summed E-state index contributed by atoms with van der Waals surface area (Å²) in [7, 11) is 4.06. The van der Waals surface area contributed by atoms with E-state index in [-0.39, 0.29) is 0 Å². The van der Waals surface area contributed by atoms with Crippen LogP contribution in [-0.2, 0) is 0 Å². The Bertz CT molecular complexity index is 562. The quantitative estimate of drug-likeness (QED) is 0.919. The molecule has 4 heteroatoms. The molecule has 1 N–H and O–H groups in total. The van der Waals surface area contributed by atoms with E-state index < -0.39 is 0 Å². The third-order valence-corrected chi connectivity index (χ3v) is 4.83. The zero-order chi connectivity index (χ0) is 14.0. The predicted molar refractivity (Wildman–Crippen MR) is 83.6 cm³/mol. The lowest BCUT2D eigenvalue weighted by molar-refractivity contribution is 0.658. The van der Waals surface area contributed by atoms with Crippen molar-refractivity contribution in [3.8, 4) is 0 Å². The molecule has 1 aromatic carbocycles. The number of hydrogen-bond donors (Lipinski definition) is 1. The first-order valence-corrected chi connectivity index (χ1v) is 7.30. The van der Waals surface area contributed by atoms with Gasteiger partial charge in [-0.3, -0.25) is 0 Å². The van der Waals surface area contributed by atoms with Crippen LogP contribution in [0.5, 0.6) is 0 Å². The van der Waals surface area contributed by atoms with Gasteiger partial charge in [-0.15, -0.1) is 0 Å². The van der Waals surface area contributed by atoms with E-state index in [1.165, 1.54) is 16.1 Å². The second kappa shape index (κ2) is 5.72. The highest BCUT2D eigenvalue weighted by Gasteiger charge is 2.16. The number of rotatable bonds is 4. The van der Waals surface area contributed by atoms with E-state index in [0.717, 1.165) is 10.8 Å². The Morgan fingerprint density at radius 1 is 1.26 bits per heavy atom. The summed E-state index contributed by atoms with van der Waals surface area (Å²) in [4.78, 5) is 8.17. The zero-order valence-corrected chi connectivity index (χ0v) is 13.0. The zero-order valence-electron chi connectivity index (χ0n) is 12.2. The Morgan fingerprint density at radius 3 is 2.58 bits per heavy atom. The summed E-state index contributed by atoms with van der Waals surface area (Å²) in [5, 5.41) is 4.32. The first-order chi connectivity index (χ1) is 9.04. The summed E-state index contributed by atoms with van der Waals surface area (Å²) < 4.78 is 0. The smallest absolute Gasteiger partial charge is 0.190 e. The minimum atomic E-state index is 0.344. The predicted octanol–water partition coefficient (Wildman–Crippen LogP) is 3.81. The third-order valence-electron chi connectivity index (χ3n) is 3.41. The molecule has 3 nitrogen and oxygen atoms in total. The van der Waals surface area contributed by atoms with Crippen LogP contribution >= 0.6 is 11.3 Å². The van der Waals surface area contributed by atoms with Gasteiger partial charge < -0.3 is 10.2 Å². The highest BCUT2D eigenvalue weighted by Crippen LogP contribution is 2.34. The van der Waals surface area contributed by atoms with Crippen molar-refractivity contribution >= 4 is 22.2 Å². The minimum absolute atomic E-state index is 0.344. The monoisotopic (exact) mass is 275 g/mol. The maximum atomic E-state index is 4.70. The van der Waals surface area contributed by atoms with Crippen molar-refractivity contribution in [1.29, 1.82) is 0 Å². The van der Waals surface area contributed by atoms with Crippen molar-refractivity contribution in [2.45, 2.75) is 26.8 Å². The number of aryl methyl sites for hydroxylation is 2. The Balaban J connectivity index is 2.35. The molecule has 2 aromatic rings. The molecule has 0 spiro atoms. The van der Waals surface area contributed by atoms with Gasteiger partial charge in [0.2, 0.25) is 0 Å². The van der Waals surface area contributed by atoms with Gasteiger partial charge in [0, 0.05) is 23.7 Å². The first kappa shape index (κ1) is 14.0. The van der Waals surface area contributed by atoms with Crippen LogP contribution in [0.2, 0.25) is 0 Å². The number of anilines is 2. The van der Waals surface area contributed by atoms with Crippen molar-refractivity contribution in [1.82, 2.24) is 10.3 Å². The molecule has 0 fully saturated rings. The van der Waals surface area contributed by atoms with Gasteiger partial charge in [0.05, 0.1) is 5.69 Å². The summed E-state index contributed by atoms with van der Waals surface area (Å²) in [6.45, 7) is 6.37. The molecule has 2 rings (SSSR count). The van der Waals surface area contributed by atoms with Crippen molar-refractivity contribution in [2.24, 2.45) is 0 Å². The normalized spacial score (nSPS) is 12.5. The molecule has 0 aliphatic carbocycles. The van der Waals surface area contributed by atoms with Gasteiger partial charge in [-0.25, -0.2) is 4.98 Å². The van der Waals surface area contributed by atoms with Gasteiger partial charge >= 0.3 is 0 Å². The molecule has 0 amide bonds. The van der Waals surface area contributed by atoms with E-state index in [0.29, 0.717) is 6.04 Å². The Morgan fingerprint density at radius 2 is 1.95 bits per heavy atom. The van der Waals surface area contributed by atoms with E-state index in [1.807, 2.05) is 7.05 Å². The SMILES string of the molecule is CNC(C)c1sc(N(C)c2ccccc2C)nc1C. The average molecular weight is 275 g/mol. The third kappa shape index (κ3) is 2.80. The molecule has 0 saturated heterocycles. The molecule has 1 unspecified atom stereocenters. The number of para-hydroxylation sites is 1. The van der Waals surface area contributed by atoms with Crippen LogP contribution in [-0.4, -0.2) is 19.1 Å². The van der Waals surface area contributed by atoms with Gasteiger partial charge in [-0.2, -0.15) is 0 Å². The molecule has 1 aromatic heterocycles. The van der Waals surface area contributed by atoms with Gasteiger partial charge in [-0.05, 0) is 39.4 Å². The maximum absolute atomic E-state index is 4.70. The molecule has 1 heterocycles. The van der Waals surface area contributed by atoms with Crippen molar-refractivity contribution in [2.75, 3.05) is 19.0 Å². The van der Waals surface area contributed by atoms with Crippen LogP contribution in [0.1, 0.15) is 29.1 Å². The summed E-state index contributed by atoms with van der Waals surface area (Å²) in [5.74, 6) is 0. The fourth-order valence-electron chi connectivity index (χ4n) is 2.11. The molecule has 0 aliphatic heterocycles. The molecular formula is C15H21N3S. The molecule has 0 saturated carbocycles. The topological polar surface area (TPSA) is 28.2 Å².